The van der Waals surface area contributed by atoms with Gasteiger partial charge in [-0.2, -0.15) is 5.10 Å². The predicted molar refractivity (Wildman–Crippen MR) is 111 cm³/mol. The third-order valence-corrected chi connectivity index (χ3v) is 4.75. The molecule has 2 aromatic carbocycles. The van der Waals surface area contributed by atoms with Crippen LogP contribution in [0.5, 0.6) is 0 Å². The lowest BCUT2D eigenvalue weighted by atomic mass is 10.1. The maximum absolute atomic E-state index is 13.4. The quantitative estimate of drug-likeness (QED) is 0.534. The second-order valence-corrected chi connectivity index (χ2v) is 7.04. The van der Waals surface area contributed by atoms with Crippen LogP contribution in [0.25, 0.3) is 11.0 Å². The highest BCUT2D eigenvalue weighted by Gasteiger charge is 2.11. The van der Waals surface area contributed by atoms with E-state index in [-0.39, 0.29) is 23.8 Å². The number of hydrogen-bond donors (Lipinski definition) is 1. The molecule has 152 valence electrons. The molecule has 2 aromatic heterocycles. The van der Waals surface area contributed by atoms with Gasteiger partial charge in [0.25, 0.3) is 11.5 Å². The van der Waals surface area contributed by atoms with Crippen LogP contribution in [-0.2, 0) is 13.1 Å². The number of fused-ring (bicyclic) bond motifs is 1. The second kappa shape index (κ2) is 8.28. The van der Waals surface area contributed by atoms with Gasteiger partial charge in [0.1, 0.15) is 17.5 Å². The maximum Gasteiger partial charge on any atom is 0.264 e. The van der Waals surface area contributed by atoms with Crippen LogP contribution in [0.2, 0.25) is 0 Å². The van der Waals surface area contributed by atoms with Gasteiger partial charge in [-0.1, -0.05) is 29.8 Å². The molecule has 0 spiro atoms. The Morgan fingerprint density at radius 3 is 2.80 bits per heavy atom. The van der Waals surface area contributed by atoms with Gasteiger partial charge in [0.15, 0.2) is 5.65 Å². The standard InChI is InChI=1S/C22H20FN5O2/c1-15-4-2-6-17(10-15)21(29)24-8-9-28-20-19(12-26-28)22(30)27(14-25-20)13-16-5-3-7-18(23)11-16/h2-7,10-12,14H,8-9,13H2,1H3,(H,24,29). The van der Waals surface area contributed by atoms with Crippen LogP contribution < -0.4 is 10.9 Å². The Labute approximate surface area is 171 Å². The first-order valence-corrected chi connectivity index (χ1v) is 9.51. The highest BCUT2D eigenvalue weighted by atomic mass is 19.1. The molecule has 4 aromatic rings. The second-order valence-electron chi connectivity index (χ2n) is 7.04. The van der Waals surface area contributed by atoms with E-state index in [4.69, 9.17) is 0 Å². The van der Waals surface area contributed by atoms with Crippen molar-refractivity contribution in [1.29, 1.82) is 0 Å². The van der Waals surface area contributed by atoms with Gasteiger partial charge < -0.3 is 5.32 Å². The van der Waals surface area contributed by atoms with Gasteiger partial charge in [-0.3, -0.25) is 14.2 Å². The molecule has 4 rings (SSSR count). The van der Waals surface area contributed by atoms with Crippen LogP contribution in [0.1, 0.15) is 21.5 Å². The largest absolute Gasteiger partial charge is 0.350 e. The number of nitrogens with zero attached hydrogens (tertiary/aromatic N) is 4. The summed E-state index contributed by atoms with van der Waals surface area (Å²) >= 11 is 0. The minimum absolute atomic E-state index is 0.166. The minimum Gasteiger partial charge on any atom is -0.350 e. The summed E-state index contributed by atoms with van der Waals surface area (Å²) in [5, 5.41) is 7.45. The number of rotatable bonds is 6. The lowest BCUT2D eigenvalue weighted by molar-refractivity contribution is 0.0952. The molecule has 8 heteroatoms. The van der Waals surface area contributed by atoms with Crippen LogP contribution in [0, 0.1) is 12.7 Å². The molecule has 0 atom stereocenters. The van der Waals surface area contributed by atoms with Gasteiger partial charge in [0.05, 0.1) is 19.3 Å². The summed E-state index contributed by atoms with van der Waals surface area (Å²) in [6.45, 7) is 2.87. The number of aromatic nitrogens is 4. The van der Waals surface area contributed by atoms with Crippen molar-refractivity contribution < 1.29 is 9.18 Å². The average molecular weight is 405 g/mol. The molecule has 1 amide bonds. The van der Waals surface area contributed by atoms with Crippen molar-refractivity contribution in [3.05, 3.63) is 93.9 Å². The van der Waals surface area contributed by atoms with Crippen molar-refractivity contribution in [3.8, 4) is 0 Å². The van der Waals surface area contributed by atoms with E-state index in [0.717, 1.165) is 5.56 Å². The van der Waals surface area contributed by atoms with Crippen molar-refractivity contribution in [3.63, 3.8) is 0 Å². The van der Waals surface area contributed by atoms with E-state index in [1.54, 1.807) is 22.9 Å². The minimum atomic E-state index is -0.352. The molecule has 0 radical (unpaired) electrons. The van der Waals surface area contributed by atoms with Crippen molar-refractivity contribution in [2.45, 2.75) is 20.0 Å². The molecule has 0 fully saturated rings. The van der Waals surface area contributed by atoms with Gasteiger partial charge in [-0.05, 0) is 36.8 Å². The zero-order valence-electron chi connectivity index (χ0n) is 16.4. The number of halogens is 1. The lowest BCUT2D eigenvalue weighted by Gasteiger charge is -2.08. The van der Waals surface area contributed by atoms with Gasteiger partial charge in [0, 0.05) is 12.1 Å². The zero-order valence-corrected chi connectivity index (χ0v) is 16.4. The van der Waals surface area contributed by atoms with E-state index < -0.39 is 0 Å². The Kier molecular flexibility index (Phi) is 5.38. The molecule has 0 aliphatic heterocycles. The molecular weight excluding hydrogens is 385 g/mol. The number of carbonyl (C=O) groups is 1. The Morgan fingerprint density at radius 2 is 2.00 bits per heavy atom. The molecular formula is C22H20FN5O2. The fraction of sp³-hybridized carbons (Fsp3) is 0.182. The molecule has 0 saturated carbocycles. The first kappa shape index (κ1) is 19.5. The third-order valence-electron chi connectivity index (χ3n) is 4.75. The van der Waals surface area contributed by atoms with E-state index in [1.807, 2.05) is 25.1 Å². The number of benzene rings is 2. The number of aryl methyl sites for hydroxylation is 1. The Bertz CT molecular complexity index is 1280. The summed E-state index contributed by atoms with van der Waals surface area (Å²) in [5.41, 5.74) is 2.47. The molecule has 0 aliphatic rings. The molecule has 0 aliphatic carbocycles. The fourth-order valence-electron chi connectivity index (χ4n) is 3.27. The molecule has 0 unspecified atom stereocenters. The van der Waals surface area contributed by atoms with E-state index >= 15 is 0 Å². The fourth-order valence-corrected chi connectivity index (χ4v) is 3.27. The van der Waals surface area contributed by atoms with Crippen molar-refractivity contribution in [1.82, 2.24) is 24.6 Å². The van der Waals surface area contributed by atoms with Crippen LogP contribution in [0.4, 0.5) is 4.39 Å². The number of amides is 1. The summed E-state index contributed by atoms with van der Waals surface area (Å²) < 4.78 is 16.4. The number of hydrogen-bond acceptors (Lipinski definition) is 4. The predicted octanol–water partition coefficient (Wildman–Crippen LogP) is 2.52. The van der Waals surface area contributed by atoms with E-state index in [9.17, 15) is 14.0 Å². The average Bonchev–Trinajstić information content (AvgIpc) is 3.14. The van der Waals surface area contributed by atoms with Crippen LogP contribution in [-0.4, -0.2) is 31.8 Å². The van der Waals surface area contributed by atoms with Gasteiger partial charge in [-0.15, -0.1) is 0 Å². The summed E-state index contributed by atoms with van der Waals surface area (Å²) in [5.74, 6) is -0.518. The summed E-state index contributed by atoms with van der Waals surface area (Å²) in [6, 6.07) is 13.4. The molecule has 2 heterocycles. The molecule has 30 heavy (non-hydrogen) atoms. The third kappa shape index (κ3) is 4.12. The van der Waals surface area contributed by atoms with Crippen molar-refractivity contribution in [2.24, 2.45) is 0 Å². The Balaban J connectivity index is 1.46. The maximum atomic E-state index is 13.4. The summed E-state index contributed by atoms with van der Waals surface area (Å²) in [6.07, 6.45) is 2.90. The Morgan fingerprint density at radius 1 is 1.17 bits per heavy atom. The first-order chi connectivity index (χ1) is 14.5. The molecule has 0 bridgehead atoms. The van der Waals surface area contributed by atoms with Crippen LogP contribution >= 0.6 is 0 Å². The zero-order chi connectivity index (χ0) is 21.1. The monoisotopic (exact) mass is 405 g/mol. The highest BCUT2D eigenvalue weighted by Crippen LogP contribution is 2.08. The molecule has 7 nitrogen and oxygen atoms in total. The molecule has 0 saturated heterocycles. The lowest BCUT2D eigenvalue weighted by Crippen LogP contribution is -2.27. The van der Waals surface area contributed by atoms with Crippen LogP contribution in [0.15, 0.2) is 65.8 Å². The van der Waals surface area contributed by atoms with E-state index in [0.29, 0.717) is 35.2 Å². The Hall–Kier alpha value is -3.81. The number of nitrogens with one attached hydrogen (secondary N) is 1. The number of carbonyl (C=O) groups excluding carboxylic acids is 1. The van der Waals surface area contributed by atoms with Gasteiger partial charge >= 0.3 is 0 Å². The highest BCUT2D eigenvalue weighted by molar-refractivity contribution is 5.94. The topological polar surface area (TPSA) is 81.8 Å². The van der Waals surface area contributed by atoms with E-state index in [1.165, 1.54) is 29.2 Å². The smallest absolute Gasteiger partial charge is 0.264 e. The summed E-state index contributed by atoms with van der Waals surface area (Å²) in [4.78, 5) is 29.3. The van der Waals surface area contributed by atoms with E-state index in [2.05, 4.69) is 15.4 Å². The normalized spacial score (nSPS) is 11.0. The SMILES string of the molecule is Cc1cccc(C(=O)NCCn2ncc3c(=O)n(Cc4cccc(F)c4)cnc32)c1. The van der Waals surface area contributed by atoms with Gasteiger partial charge in [0.2, 0.25) is 0 Å². The van der Waals surface area contributed by atoms with Crippen molar-refractivity contribution in [2.75, 3.05) is 6.54 Å². The van der Waals surface area contributed by atoms with Gasteiger partial charge in [-0.25, -0.2) is 14.1 Å². The summed E-state index contributed by atoms with van der Waals surface area (Å²) in [7, 11) is 0. The van der Waals surface area contributed by atoms with Crippen LogP contribution in [0.3, 0.4) is 0 Å². The first-order valence-electron chi connectivity index (χ1n) is 9.51. The van der Waals surface area contributed by atoms with Crippen molar-refractivity contribution >= 4 is 16.9 Å². The molecule has 1 N–H and O–H groups in total.